The van der Waals surface area contributed by atoms with Crippen molar-refractivity contribution >= 4 is 0 Å². The van der Waals surface area contributed by atoms with Gasteiger partial charge in [0, 0.05) is 6.04 Å². The SMILES string of the molecule is CCCNC(CC1CC1)c1ccc(F)cc1C. The van der Waals surface area contributed by atoms with Gasteiger partial charge in [-0.25, -0.2) is 4.39 Å². The van der Waals surface area contributed by atoms with E-state index in [1.807, 2.05) is 13.0 Å². The Morgan fingerprint density at radius 1 is 1.41 bits per heavy atom. The second kappa shape index (κ2) is 5.63. The lowest BCUT2D eigenvalue weighted by Crippen LogP contribution is -2.23. The first-order valence-electron chi connectivity index (χ1n) is 6.70. The molecule has 1 unspecified atom stereocenters. The van der Waals surface area contributed by atoms with Crippen LogP contribution < -0.4 is 5.32 Å². The fraction of sp³-hybridized carbons (Fsp3) is 0.600. The maximum atomic E-state index is 13.1. The van der Waals surface area contributed by atoms with Gasteiger partial charge in [-0.2, -0.15) is 0 Å². The summed E-state index contributed by atoms with van der Waals surface area (Å²) in [5.41, 5.74) is 2.34. The molecule has 1 N–H and O–H groups in total. The number of benzene rings is 1. The zero-order chi connectivity index (χ0) is 12.3. The molecule has 94 valence electrons. The summed E-state index contributed by atoms with van der Waals surface area (Å²) in [6.45, 7) is 5.22. The molecule has 0 spiro atoms. The highest BCUT2D eigenvalue weighted by Gasteiger charge is 2.26. The number of rotatable bonds is 6. The highest BCUT2D eigenvalue weighted by Crippen LogP contribution is 2.38. The largest absolute Gasteiger partial charge is 0.310 e. The Morgan fingerprint density at radius 3 is 2.76 bits per heavy atom. The molecule has 2 heteroatoms. The summed E-state index contributed by atoms with van der Waals surface area (Å²) in [5, 5.41) is 3.59. The van der Waals surface area contributed by atoms with E-state index in [2.05, 4.69) is 12.2 Å². The third-order valence-electron chi connectivity index (χ3n) is 3.51. The Kier molecular flexibility index (Phi) is 4.16. The van der Waals surface area contributed by atoms with E-state index in [1.165, 1.54) is 24.8 Å². The van der Waals surface area contributed by atoms with Crippen LogP contribution in [-0.2, 0) is 0 Å². The van der Waals surface area contributed by atoms with Gasteiger partial charge in [-0.15, -0.1) is 0 Å². The van der Waals surface area contributed by atoms with Crippen LogP contribution in [0.3, 0.4) is 0 Å². The molecule has 0 aromatic heterocycles. The summed E-state index contributed by atoms with van der Waals surface area (Å²) in [6, 6.07) is 5.57. The quantitative estimate of drug-likeness (QED) is 0.786. The minimum absolute atomic E-state index is 0.132. The van der Waals surface area contributed by atoms with Crippen molar-refractivity contribution in [3.63, 3.8) is 0 Å². The number of hydrogen-bond donors (Lipinski definition) is 1. The molecule has 1 nitrogen and oxygen atoms in total. The van der Waals surface area contributed by atoms with E-state index in [9.17, 15) is 4.39 Å². The van der Waals surface area contributed by atoms with Crippen molar-refractivity contribution in [3.05, 3.63) is 35.1 Å². The van der Waals surface area contributed by atoms with E-state index in [0.717, 1.165) is 24.4 Å². The molecule has 17 heavy (non-hydrogen) atoms. The fourth-order valence-electron chi connectivity index (χ4n) is 2.36. The maximum absolute atomic E-state index is 13.1. The van der Waals surface area contributed by atoms with Crippen molar-refractivity contribution in [2.45, 2.75) is 45.6 Å². The summed E-state index contributed by atoms with van der Waals surface area (Å²) in [5.74, 6) is 0.751. The first kappa shape index (κ1) is 12.6. The number of nitrogens with one attached hydrogen (secondary N) is 1. The monoisotopic (exact) mass is 235 g/mol. The van der Waals surface area contributed by atoms with Crippen LogP contribution in [-0.4, -0.2) is 6.54 Å². The van der Waals surface area contributed by atoms with Gasteiger partial charge < -0.3 is 5.32 Å². The lowest BCUT2D eigenvalue weighted by atomic mass is 9.96. The van der Waals surface area contributed by atoms with E-state index in [-0.39, 0.29) is 5.82 Å². The summed E-state index contributed by atoms with van der Waals surface area (Å²) in [7, 11) is 0. The summed E-state index contributed by atoms with van der Waals surface area (Å²) in [4.78, 5) is 0. The van der Waals surface area contributed by atoms with Crippen LogP contribution >= 0.6 is 0 Å². The zero-order valence-corrected chi connectivity index (χ0v) is 10.8. The molecule has 0 heterocycles. The Balaban J connectivity index is 2.11. The number of hydrogen-bond acceptors (Lipinski definition) is 1. The second-order valence-electron chi connectivity index (χ2n) is 5.19. The van der Waals surface area contributed by atoms with Gasteiger partial charge >= 0.3 is 0 Å². The standard InChI is InChI=1S/C15H22FN/c1-3-8-17-15(10-12-4-5-12)14-7-6-13(16)9-11(14)2/h6-7,9,12,15,17H,3-5,8,10H2,1-2H3. The molecular weight excluding hydrogens is 213 g/mol. The molecule has 0 aliphatic heterocycles. The minimum Gasteiger partial charge on any atom is -0.310 e. The summed E-state index contributed by atoms with van der Waals surface area (Å²) >= 11 is 0. The van der Waals surface area contributed by atoms with Gasteiger partial charge in [-0.3, -0.25) is 0 Å². The molecule has 1 aliphatic rings. The van der Waals surface area contributed by atoms with E-state index >= 15 is 0 Å². The summed E-state index contributed by atoms with van der Waals surface area (Å²) in [6.07, 6.45) is 5.07. The van der Waals surface area contributed by atoms with E-state index in [4.69, 9.17) is 0 Å². The van der Waals surface area contributed by atoms with Gasteiger partial charge in [0.05, 0.1) is 0 Å². The Hall–Kier alpha value is -0.890. The maximum Gasteiger partial charge on any atom is 0.123 e. The van der Waals surface area contributed by atoms with Gasteiger partial charge in [-0.1, -0.05) is 25.8 Å². The molecule has 1 aliphatic carbocycles. The highest BCUT2D eigenvalue weighted by atomic mass is 19.1. The second-order valence-corrected chi connectivity index (χ2v) is 5.19. The van der Waals surface area contributed by atoms with Gasteiger partial charge in [0.25, 0.3) is 0 Å². The highest BCUT2D eigenvalue weighted by molar-refractivity contribution is 5.29. The third-order valence-corrected chi connectivity index (χ3v) is 3.51. The zero-order valence-electron chi connectivity index (χ0n) is 10.8. The van der Waals surface area contributed by atoms with E-state index in [1.54, 1.807) is 12.1 Å². The number of aryl methyl sites for hydroxylation is 1. The topological polar surface area (TPSA) is 12.0 Å². The van der Waals surface area contributed by atoms with Crippen LogP contribution in [0.5, 0.6) is 0 Å². The van der Waals surface area contributed by atoms with Crippen LogP contribution in [0.4, 0.5) is 4.39 Å². The van der Waals surface area contributed by atoms with Crippen LogP contribution in [0.1, 0.15) is 49.8 Å². The molecular formula is C15H22FN. The molecule has 0 radical (unpaired) electrons. The summed E-state index contributed by atoms with van der Waals surface area (Å²) < 4.78 is 13.1. The van der Waals surface area contributed by atoms with E-state index < -0.39 is 0 Å². The Bertz CT molecular complexity index is 371. The van der Waals surface area contributed by atoms with Gasteiger partial charge in [0.1, 0.15) is 5.82 Å². The molecule has 1 fully saturated rings. The van der Waals surface area contributed by atoms with Crippen LogP contribution in [0.25, 0.3) is 0 Å². The molecule has 0 bridgehead atoms. The van der Waals surface area contributed by atoms with Gasteiger partial charge in [0.2, 0.25) is 0 Å². The van der Waals surface area contributed by atoms with Crippen molar-refractivity contribution in [2.24, 2.45) is 5.92 Å². The van der Waals surface area contributed by atoms with Crippen LogP contribution in [0.2, 0.25) is 0 Å². The van der Waals surface area contributed by atoms with E-state index in [0.29, 0.717) is 6.04 Å². The van der Waals surface area contributed by atoms with Crippen LogP contribution in [0.15, 0.2) is 18.2 Å². The predicted octanol–water partition coefficient (Wildman–Crippen LogP) is 3.97. The molecule has 1 aromatic rings. The first-order valence-corrected chi connectivity index (χ1v) is 6.70. The van der Waals surface area contributed by atoms with Crippen molar-refractivity contribution in [3.8, 4) is 0 Å². The average molecular weight is 235 g/mol. The third kappa shape index (κ3) is 3.53. The molecule has 2 rings (SSSR count). The molecule has 0 amide bonds. The van der Waals surface area contributed by atoms with Crippen molar-refractivity contribution in [1.29, 1.82) is 0 Å². The fourth-order valence-corrected chi connectivity index (χ4v) is 2.36. The predicted molar refractivity (Wildman–Crippen MR) is 69.5 cm³/mol. The molecule has 0 saturated heterocycles. The average Bonchev–Trinajstić information content (AvgIpc) is 3.08. The Morgan fingerprint density at radius 2 is 2.18 bits per heavy atom. The van der Waals surface area contributed by atoms with Crippen molar-refractivity contribution < 1.29 is 4.39 Å². The van der Waals surface area contributed by atoms with Crippen LogP contribution in [0, 0.1) is 18.7 Å². The normalized spacial score (nSPS) is 17.1. The van der Waals surface area contributed by atoms with Gasteiger partial charge in [0.15, 0.2) is 0 Å². The smallest absolute Gasteiger partial charge is 0.123 e. The molecule has 1 atom stereocenters. The molecule has 1 saturated carbocycles. The van der Waals surface area contributed by atoms with Crippen molar-refractivity contribution in [2.75, 3.05) is 6.54 Å². The van der Waals surface area contributed by atoms with Crippen molar-refractivity contribution in [1.82, 2.24) is 5.32 Å². The first-order chi connectivity index (χ1) is 8.20. The lowest BCUT2D eigenvalue weighted by Gasteiger charge is -2.21. The minimum atomic E-state index is -0.132. The molecule has 1 aromatic carbocycles. The Labute approximate surface area is 103 Å². The lowest BCUT2D eigenvalue weighted by molar-refractivity contribution is 0.471. The number of halogens is 1. The van der Waals surface area contributed by atoms with Gasteiger partial charge in [-0.05, 0) is 55.5 Å².